The number of hydrogen-bond donors (Lipinski definition) is 1. The van der Waals surface area contributed by atoms with Crippen LogP contribution in [-0.4, -0.2) is 9.97 Å². The Bertz CT molecular complexity index is 571. The Balaban J connectivity index is 0.000000861. The first kappa shape index (κ1) is 14.7. The van der Waals surface area contributed by atoms with Crippen LogP contribution in [0.2, 0.25) is 0 Å². The summed E-state index contributed by atoms with van der Waals surface area (Å²) < 4.78 is 0. The second-order valence-electron chi connectivity index (χ2n) is 3.71. The highest BCUT2D eigenvalue weighted by Crippen LogP contribution is 2.15. The summed E-state index contributed by atoms with van der Waals surface area (Å²) in [6, 6.07) is 11.7. The Labute approximate surface area is 114 Å². The maximum Gasteiger partial charge on any atom is 0.228 e. The van der Waals surface area contributed by atoms with Crippen molar-refractivity contribution in [2.45, 2.75) is 27.7 Å². The summed E-state index contributed by atoms with van der Waals surface area (Å²) in [5.74, 6) is 0.454. The van der Waals surface area contributed by atoms with E-state index in [1.165, 1.54) is 0 Å². The largest absolute Gasteiger partial charge is 0.324 e. The minimum absolute atomic E-state index is 0.413. The van der Waals surface area contributed by atoms with Gasteiger partial charge >= 0.3 is 0 Å². The number of para-hydroxylation sites is 1. The number of nitrogens with one attached hydrogen (secondary N) is 1. The maximum atomic E-state index is 8.97. The highest BCUT2D eigenvalue weighted by molar-refractivity contribution is 5.54. The van der Waals surface area contributed by atoms with E-state index in [1.54, 1.807) is 0 Å². The Morgan fingerprint density at radius 3 is 2.26 bits per heavy atom. The molecule has 0 aliphatic carbocycles. The van der Waals surface area contributed by atoms with Crippen molar-refractivity contribution >= 4 is 11.6 Å². The van der Waals surface area contributed by atoms with Crippen molar-refractivity contribution in [1.29, 1.82) is 5.26 Å². The third-order valence-electron chi connectivity index (χ3n) is 2.53. The molecular weight excluding hydrogens is 236 g/mol. The molecule has 0 spiro atoms. The Hall–Kier alpha value is -2.41. The molecule has 0 aliphatic rings. The van der Waals surface area contributed by atoms with Crippen LogP contribution in [0.5, 0.6) is 0 Å². The number of nitrogens with zero attached hydrogens (tertiary/aromatic N) is 3. The summed E-state index contributed by atoms with van der Waals surface area (Å²) in [6.07, 6.45) is 0. The van der Waals surface area contributed by atoms with E-state index in [2.05, 4.69) is 21.4 Å². The van der Waals surface area contributed by atoms with E-state index in [-0.39, 0.29) is 0 Å². The number of rotatable bonds is 2. The third-order valence-corrected chi connectivity index (χ3v) is 2.53. The van der Waals surface area contributed by atoms with Crippen LogP contribution in [0, 0.1) is 25.2 Å². The first-order valence-electron chi connectivity index (χ1n) is 6.28. The average molecular weight is 254 g/mol. The van der Waals surface area contributed by atoms with Gasteiger partial charge in [-0.1, -0.05) is 32.0 Å². The van der Waals surface area contributed by atoms with Crippen molar-refractivity contribution in [2.24, 2.45) is 0 Å². The number of aromatic nitrogens is 2. The van der Waals surface area contributed by atoms with E-state index >= 15 is 0 Å². The molecule has 0 amide bonds. The van der Waals surface area contributed by atoms with Gasteiger partial charge in [0.25, 0.3) is 0 Å². The monoisotopic (exact) mass is 254 g/mol. The Morgan fingerprint density at radius 1 is 1.05 bits per heavy atom. The van der Waals surface area contributed by atoms with E-state index in [9.17, 15) is 0 Å². The lowest BCUT2D eigenvalue weighted by atomic mass is 10.2. The molecule has 1 aromatic heterocycles. The highest BCUT2D eigenvalue weighted by atomic mass is 15.1. The van der Waals surface area contributed by atoms with Gasteiger partial charge < -0.3 is 5.32 Å². The molecule has 2 rings (SSSR count). The minimum Gasteiger partial charge on any atom is -0.324 e. The van der Waals surface area contributed by atoms with Gasteiger partial charge in [-0.05, 0) is 26.0 Å². The topological polar surface area (TPSA) is 61.6 Å². The number of nitriles is 1. The summed E-state index contributed by atoms with van der Waals surface area (Å²) in [5.41, 5.74) is 2.96. The molecule has 0 radical (unpaired) electrons. The van der Waals surface area contributed by atoms with Crippen molar-refractivity contribution in [3.63, 3.8) is 0 Å². The lowest BCUT2D eigenvalue weighted by molar-refractivity contribution is 1.05. The van der Waals surface area contributed by atoms with Crippen molar-refractivity contribution in [3.05, 3.63) is 47.3 Å². The number of aryl methyl sites for hydroxylation is 1. The lowest BCUT2D eigenvalue weighted by Gasteiger charge is -2.07. The molecule has 0 atom stereocenters. The molecule has 0 saturated heterocycles. The normalized spacial score (nSPS) is 9.00. The maximum absolute atomic E-state index is 8.97. The summed E-state index contributed by atoms with van der Waals surface area (Å²) in [7, 11) is 0. The van der Waals surface area contributed by atoms with Crippen LogP contribution in [-0.2, 0) is 0 Å². The molecule has 0 fully saturated rings. The fourth-order valence-electron chi connectivity index (χ4n) is 1.44. The Morgan fingerprint density at radius 2 is 1.68 bits per heavy atom. The molecule has 1 aromatic carbocycles. The van der Waals surface area contributed by atoms with Crippen LogP contribution >= 0.6 is 0 Å². The summed E-state index contributed by atoms with van der Waals surface area (Å²) in [6.45, 7) is 7.72. The van der Waals surface area contributed by atoms with Gasteiger partial charge in [-0.15, -0.1) is 0 Å². The van der Waals surface area contributed by atoms with Crippen LogP contribution in [0.1, 0.15) is 30.8 Å². The van der Waals surface area contributed by atoms with E-state index < -0.39 is 0 Å². The van der Waals surface area contributed by atoms with E-state index in [1.807, 2.05) is 58.0 Å². The number of hydrogen-bond acceptors (Lipinski definition) is 4. The van der Waals surface area contributed by atoms with E-state index in [0.29, 0.717) is 11.6 Å². The molecule has 0 unspecified atom stereocenters. The molecule has 0 saturated carbocycles. The van der Waals surface area contributed by atoms with Crippen LogP contribution in [0.15, 0.2) is 30.3 Å². The van der Waals surface area contributed by atoms with Crippen molar-refractivity contribution in [3.8, 4) is 6.07 Å². The summed E-state index contributed by atoms with van der Waals surface area (Å²) in [5, 5.41) is 12.0. The zero-order chi connectivity index (χ0) is 14.3. The Kier molecular flexibility index (Phi) is 5.49. The molecule has 19 heavy (non-hydrogen) atoms. The molecule has 4 heteroatoms. The molecule has 0 aliphatic heterocycles. The SMILES string of the molecule is CC.Cc1nc(Nc2ccccc2)nc(C#N)c1C. The van der Waals surface area contributed by atoms with Gasteiger partial charge in [-0.25, -0.2) is 9.97 Å². The molecule has 4 nitrogen and oxygen atoms in total. The van der Waals surface area contributed by atoms with Crippen LogP contribution in [0.25, 0.3) is 0 Å². The standard InChI is InChI=1S/C13H12N4.C2H6/c1-9-10(2)15-13(17-12(9)8-14)16-11-6-4-3-5-7-11;1-2/h3-7H,1-2H3,(H,15,16,17);1-2H3. The molecule has 1 heterocycles. The van der Waals surface area contributed by atoms with Crippen LogP contribution < -0.4 is 5.32 Å². The van der Waals surface area contributed by atoms with Gasteiger partial charge in [0.15, 0.2) is 0 Å². The zero-order valence-electron chi connectivity index (χ0n) is 11.7. The van der Waals surface area contributed by atoms with Gasteiger partial charge in [0.1, 0.15) is 11.8 Å². The van der Waals surface area contributed by atoms with Gasteiger partial charge in [0.2, 0.25) is 5.95 Å². The highest BCUT2D eigenvalue weighted by Gasteiger charge is 2.07. The fraction of sp³-hybridized carbons (Fsp3) is 0.267. The van der Waals surface area contributed by atoms with E-state index in [4.69, 9.17) is 5.26 Å². The number of benzene rings is 1. The smallest absolute Gasteiger partial charge is 0.228 e. The van der Waals surface area contributed by atoms with Crippen LogP contribution in [0.3, 0.4) is 0 Å². The predicted molar refractivity (Wildman–Crippen MR) is 77.3 cm³/mol. The lowest BCUT2D eigenvalue weighted by Crippen LogP contribution is -2.03. The minimum atomic E-state index is 0.413. The number of anilines is 2. The summed E-state index contributed by atoms with van der Waals surface area (Å²) >= 11 is 0. The quantitative estimate of drug-likeness (QED) is 0.886. The van der Waals surface area contributed by atoms with Crippen molar-refractivity contribution in [1.82, 2.24) is 9.97 Å². The first-order valence-corrected chi connectivity index (χ1v) is 6.28. The molecule has 98 valence electrons. The first-order chi connectivity index (χ1) is 9.20. The predicted octanol–water partition coefficient (Wildman–Crippen LogP) is 3.73. The molecular formula is C15H18N4. The third kappa shape index (κ3) is 3.78. The van der Waals surface area contributed by atoms with Gasteiger partial charge in [-0.3, -0.25) is 0 Å². The summed E-state index contributed by atoms with van der Waals surface area (Å²) in [4.78, 5) is 8.47. The van der Waals surface area contributed by atoms with Crippen molar-refractivity contribution in [2.75, 3.05) is 5.32 Å². The van der Waals surface area contributed by atoms with Gasteiger partial charge in [0, 0.05) is 16.9 Å². The van der Waals surface area contributed by atoms with Crippen LogP contribution in [0.4, 0.5) is 11.6 Å². The molecule has 0 bridgehead atoms. The van der Waals surface area contributed by atoms with E-state index in [0.717, 1.165) is 16.9 Å². The fourth-order valence-corrected chi connectivity index (χ4v) is 1.44. The second kappa shape index (κ2) is 7.12. The zero-order valence-corrected chi connectivity index (χ0v) is 11.7. The van der Waals surface area contributed by atoms with Crippen molar-refractivity contribution < 1.29 is 0 Å². The molecule has 1 N–H and O–H groups in total. The second-order valence-corrected chi connectivity index (χ2v) is 3.71. The molecule has 2 aromatic rings. The van der Waals surface area contributed by atoms with Gasteiger partial charge in [-0.2, -0.15) is 5.26 Å². The van der Waals surface area contributed by atoms with Gasteiger partial charge in [0.05, 0.1) is 0 Å². The average Bonchev–Trinajstić information content (AvgIpc) is 2.46.